The van der Waals surface area contributed by atoms with Gasteiger partial charge >= 0.3 is 6.09 Å². The van der Waals surface area contributed by atoms with E-state index in [1.165, 1.54) is 13.2 Å². The Bertz CT molecular complexity index is 649. The number of halogens is 2. The van der Waals surface area contributed by atoms with Gasteiger partial charge in [-0.1, -0.05) is 0 Å². The normalized spacial score (nSPS) is 10.8. The van der Waals surface area contributed by atoms with Gasteiger partial charge in [-0.3, -0.25) is 0 Å². The summed E-state index contributed by atoms with van der Waals surface area (Å²) in [5.74, 6) is -2.16. The molecule has 2 rings (SSSR count). The number of rotatable bonds is 2. The SMILES string of the molecule is CCOC(=O)n1c(C)cc2c(F)c(OC)c(F)cc21. The fraction of sp³-hybridized carbons (Fsp3) is 0.308. The fourth-order valence-corrected chi connectivity index (χ4v) is 2.01. The summed E-state index contributed by atoms with van der Waals surface area (Å²) in [5, 5.41) is 0.115. The van der Waals surface area contributed by atoms with E-state index in [1.807, 2.05) is 0 Å². The zero-order valence-electron chi connectivity index (χ0n) is 10.8. The Labute approximate surface area is 108 Å². The molecule has 0 N–H and O–H groups in total. The first-order valence-corrected chi connectivity index (χ1v) is 5.72. The molecule has 0 bridgehead atoms. The lowest BCUT2D eigenvalue weighted by atomic mass is 10.2. The van der Waals surface area contributed by atoms with Crippen molar-refractivity contribution in [2.75, 3.05) is 13.7 Å². The third-order valence-electron chi connectivity index (χ3n) is 2.79. The number of carbonyl (C=O) groups is 1. The fourth-order valence-electron chi connectivity index (χ4n) is 2.01. The quantitative estimate of drug-likeness (QED) is 0.840. The number of nitrogens with zero attached hydrogens (tertiary/aromatic N) is 1. The highest BCUT2D eigenvalue weighted by molar-refractivity contribution is 5.92. The van der Waals surface area contributed by atoms with Crippen molar-refractivity contribution in [1.29, 1.82) is 0 Å². The van der Waals surface area contributed by atoms with Crippen molar-refractivity contribution in [2.45, 2.75) is 13.8 Å². The molecule has 0 fully saturated rings. The van der Waals surface area contributed by atoms with E-state index in [9.17, 15) is 13.6 Å². The summed E-state index contributed by atoms with van der Waals surface area (Å²) in [6, 6.07) is 2.50. The number of aromatic nitrogens is 1. The van der Waals surface area contributed by atoms with E-state index in [0.29, 0.717) is 5.69 Å². The van der Waals surface area contributed by atoms with Crippen molar-refractivity contribution in [2.24, 2.45) is 0 Å². The predicted octanol–water partition coefficient (Wildman–Crippen LogP) is 3.24. The average Bonchev–Trinajstić information content (AvgIpc) is 2.67. The Balaban J connectivity index is 2.74. The molecule has 1 heterocycles. The van der Waals surface area contributed by atoms with Gasteiger partial charge in [0.05, 0.1) is 19.2 Å². The number of aryl methyl sites for hydroxylation is 1. The van der Waals surface area contributed by atoms with E-state index in [-0.39, 0.29) is 17.5 Å². The van der Waals surface area contributed by atoms with Crippen LogP contribution in [0.3, 0.4) is 0 Å². The minimum atomic E-state index is -0.865. The van der Waals surface area contributed by atoms with Crippen molar-refractivity contribution in [3.63, 3.8) is 0 Å². The number of hydrogen-bond donors (Lipinski definition) is 0. The summed E-state index contributed by atoms with van der Waals surface area (Å²) in [4.78, 5) is 11.8. The lowest BCUT2D eigenvalue weighted by Gasteiger charge is -2.08. The summed E-state index contributed by atoms with van der Waals surface area (Å²) in [7, 11) is 1.18. The van der Waals surface area contributed by atoms with Crippen LogP contribution in [0, 0.1) is 18.6 Å². The predicted molar refractivity (Wildman–Crippen MR) is 65.6 cm³/mol. The molecule has 1 aromatic heterocycles. The summed E-state index contributed by atoms with van der Waals surface area (Å²) in [6.07, 6.45) is -0.668. The zero-order valence-corrected chi connectivity index (χ0v) is 10.8. The molecule has 6 heteroatoms. The molecule has 0 aliphatic carbocycles. The summed E-state index contributed by atoms with van der Waals surface area (Å²) in [6.45, 7) is 3.45. The maximum Gasteiger partial charge on any atom is 0.418 e. The second kappa shape index (κ2) is 4.87. The van der Waals surface area contributed by atoms with Crippen molar-refractivity contribution in [3.05, 3.63) is 29.5 Å². The smallest absolute Gasteiger partial charge is 0.418 e. The number of carbonyl (C=O) groups excluding carboxylic acids is 1. The van der Waals surface area contributed by atoms with Crippen LogP contribution in [-0.4, -0.2) is 24.4 Å². The Morgan fingerprint density at radius 3 is 2.63 bits per heavy atom. The maximum absolute atomic E-state index is 14.0. The highest BCUT2D eigenvalue weighted by atomic mass is 19.1. The van der Waals surface area contributed by atoms with Gasteiger partial charge in [-0.25, -0.2) is 18.1 Å². The van der Waals surface area contributed by atoms with E-state index in [0.717, 1.165) is 10.6 Å². The van der Waals surface area contributed by atoms with Gasteiger partial charge in [-0.15, -0.1) is 0 Å². The van der Waals surface area contributed by atoms with Crippen LogP contribution in [0.5, 0.6) is 5.75 Å². The van der Waals surface area contributed by atoms with Gasteiger partial charge in [0.15, 0.2) is 17.4 Å². The second-order valence-electron chi connectivity index (χ2n) is 3.96. The topological polar surface area (TPSA) is 40.5 Å². The number of hydrogen-bond acceptors (Lipinski definition) is 3. The van der Waals surface area contributed by atoms with Gasteiger partial charge < -0.3 is 9.47 Å². The maximum atomic E-state index is 14.0. The standard InChI is InChI=1S/C13H13F2NO3/c1-4-19-13(17)16-7(2)5-8-10(16)6-9(14)12(18-3)11(8)15/h5-6H,4H2,1-3H3. The Hall–Kier alpha value is -2.11. The van der Waals surface area contributed by atoms with Crippen LogP contribution < -0.4 is 4.74 Å². The molecular weight excluding hydrogens is 256 g/mol. The van der Waals surface area contributed by atoms with Crippen LogP contribution in [0.25, 0.3) is 10.9 Å². The third-order valence-corrected chi connectivity index (χ3v) is 2.79. The molecule has 0 amide bonds. The summed E-state index contributed by atoms with van der Waals surface area (Å²) in [5.41, 5.74) is 0.576. The molecule has 1 aromatic carbocycles. The van der Waals surface area contributed by atoms with Gasteiger partial charge in [0, 0.05) is 17.1 Å². The summed E-state index contributed by atoms with van der Waals surface area (Å²) < 4.78 is 38.4. The lowest BCUT2D eigenvalue weighted by Crippen LogP contribution is -2.14. The number of benzene rings is 1. The Morgan fingerprint density at radius 2 is 2.05 bits per heavy atom. The molecule has 2 aromatic rings. The summed E-state index contributed by atoms with van der Waals surface area (Å²) >= 11 is 0. The van der Waals surface area contributed by atoms with Crippen LogP contribution in [-0.2, 0) is 4.74 Å². The molecule has 0 aliphatic rings. The van der Waals surface area contributed by atoms with Gasteiger partial charge in [-0.05, 0) is 19.9 Å². The van der Waals surface area contributed by atoms with E-state index >= 15 is 0 Å². The van der Waals surface area contributed by atoms with Crippen LogP contribution >= 0.6 is 0 Å². The molecular formula is C13H13F2NO3. The zero-order chi connectivity index (χ0) is 14.2. The van der Waals surface area contributed by atoms with Crippen LogP contribution in [0.2, 0.25) is 0 Å². The first-order chi connectivity index (χ1) is 9.01. The van der Waals surface area contributed by atoms with Crippen LogP contribution in [0.4, 0.5) is 13.6 Å². The number of fused-ring (bicyclic) bond motifs is 1. The first-order valence-electron chi connectivity index (χ1n) is 5.72. The molecule has 0 atom stereocenters. The monoisotopic (exact) mass is 269 g/mol. The van der Waals surface area contributed by atoms with Crippen molar-refractivity contribution < 1.29 is 23.0 Å². The molecule has 0 radical (unpaired) electrons. The Kier molecular flexibility index (Phi) is 3.42. The largest absolute Gasteiger partial charge is 0.491 e. The molecule has 0 saturated heterocycles. The second-order valence-corrected chi connectivity index (χ2v) is 3.96. The van der Waals surface area contributed by atoms with Gasteiger partial charge in [-0.2, -0.15) is 0 Å². The molecule has 102 valence electrons. The van der Waals surface area contributed by atoms with E-state index in [4.69, 9.17) is 4.74 Å². The van der Waals surface area contributed by atoms with E-state index < -0.39 is 23.5 Å². The molecule has 0 unspecified atom stereocenters. The highest BCUT2D eigenvalue weighted by Gasteiger charge is 2.21. The van der Waals surface area contributed by atoms with Crippen LogP contribution in [0.1, 0.15) is 12.6 Å². The van der Waals surface area contributed by atoms with E-state index in [1.54, 1.807) is 13.8 Å². The minimum absolute atomic E-state index is 0.115. The Morgan fingerprint density at radius 1 is 1.37 bits per heavy atom. The van der Waals surface area contributed by atoms with Gasteiger partial charge in [0.1, 0.15) is 0 Å². The van der Waals surface area contributed by atoms with Crippen molar-refractivity contribution in [3.8, 4) is 5.75 Å². The van der Waals surface area contributed by atoms with E-state index in [2.05, 4.69) is 4.74 Å². The first kappa shape index (κ1) is 13.3. The minimum Gasteiger partial charge on any atom is -0.491 e. The molecule has 0 spiro atoms. The molecule has 0 aliphatic heterocycles. The molecule has 19 heavy (non-hydrogen) atoms. The molecule has 0 saturated carbocycles. The highest BCUT2D eigenvalue weighted by Crippen LogP contribution is 2.31. The average molecular weight is 269 g/mol. The van der Waals surface area contributed by atoms with Gasteiger partial charge in [0.25, 0.3) is 0 Å². The van der Waals surface area contributed by atoms with Gasteiger partial charge in [0.2, 0.25) is 0 Å². The number of methoxy groups -OCH3 is 1. The third kappa shape index (κ3) is 2.03. The lowest BCUT2D eigenvalue weighted by molar-refractivity contribution is 0.154. The van der Waals surface area contributed by atoms with Crippen molar-refractivity contribution in [1.82, 2.24) is 4.57 Å². The van der Waals surface area contributed by atoms with Crippen LogP contribution in [0.15, 0.2) is 12.1 Å². The number of ether oxygens (including phenoxy) is 2. The van der Waals surface area contributed by atoms with Crippen molar-refractivity contribution >= 4 is 17.0 Å². The molecule has 4 nitrogen and oxygen atoms in total.